The van der Waals surface area contributed by atoms with Gasteiger partial charge >= 0.3 is 12.1 Å². The standard InChI is InChI=1S/C21H30F3N3O4.HI/c1-3-25-20(27-10-8-15(9-11-27)19(29)30-4-2)26-13-17(28)14-31-18-7-5-6-16(12-18)21(22,23)24;/h5-7,12,15,17,28H,3-4,8-11,13-14H2,1-2H3,(H,25,26);1H. The first-order chi connectivity index (χ1) is 14.7. The number of piperidine rings is 1. The first-order valence-electron chi connectivity index (χ1n) is 10.4. The normalized spacial score (nSPS) is 16.2. The molecule has 0 spiro atoms. The molecule has 1 aromatic carbocycles. The van der Waals surface area contributed by atoms with Crippen LogP contribution in [0.15, 0.2) is 29.3 Å². The number of hydrogen-bond donors (Lipinski definition) is 2. The number of benzene rings is 1. The Bertz CT molecular complexity index is 741. The number of halogens is 4. The van der Waals surface area contributed by atoms with Crippen LogP contribution in [0.25, 0.3) is 0 Å². The fourth-order valence-electron chi connectivity index (χ4n) is 3.21. The van der Waals surface area contributed by atoms with Gasteiger partial charge in [0.2, 0.25) is 0 Å². The minimum atomic E-state index is -4.45. The summed E-state index contributed by atoms with van der Waals surface area (Å²) in [4.78, 5) is 18.3. The average Bonchev–Trinajstić information content (AvgIpc) is 2.75. The number of esters is 1. The predicted octanol–water partition coefficient (Wildman–Crippen LogP) is 3.30. The molecule has 32 heavy (non-hydrogen) atoms. The molecule has 1 aliphatic rings. The van der Waals surface area contributed by atoms with Crippen molar-refractivity contribution in [3.05, 3.63) is 29.8 Å². The Kier molecular flexibility index (Phi) is 12.1. The SMILES string of the molecule is CCNC(=NCC(O)COc1cccc(C(F)(F)F)c1)N1CCC(C(=O)OCC)CC1.I. The Labute approximate surface area is 203 Å². The van der Waals surface area contributed by atoms with Crippen LogP contribution < -0.4 is 10.1 Å². The van der Waals surface area contributed by atoms with E-state index in [0.29, 0.717) is 45.0 Å². The Balaban J connectivity index is 0.00000512. The van der Waals surface area contributed by atoms with Crippen LogP contribution in [0.1, 0.15) is 32.3 Å². The Morgan fingerprint density at radius 3 is 2.59 bits per heavy atom. The molecule has 1 aliphatic heterocycles. The van der Waals surface area contributed by atoms with Crippen molar-refractivity contribution in [2.45, 2.75) is 39.0 Å². The van der Waals surface area contributed by atoms with Gasteiger partial charge in [0.25, 0.3) is 0 Å². The molecule has 1 saturated heterocycles. The van der Waals surface area contributed by atoms with E-state index in [1.54, 1.807) is 6.92 Å². The Hall–Kier alpha value is -1.76. The van der Waals surface area contributed by atoms with Gasteiger partial charge in [-0.25, -0.2) is 0 Å². The van der Waals surface area contributed by atoms with Crippen molar-refractivity contribution < 1.29 is 32.5 Å². The maximum absolute atomic E-state index is 12.8. The number of aliphatic hydroxyl groups excluding tert-OH is 1. The molecule has 1 aromatic rings. The first kappa shape index (κ1) is 28.3. The molecule has 11 heteroatoms. The first-order valence-corrected chi connectivity index (χ1v) is 10.4. The predicted molar refractivity (Wildman–Crippen MR) is 125 cm³/mol. The van der Waals surface area contributed by atoms with Crippen molar-refractivity contribution in [2.24, 2.45) is 10.9 Å². The number of nitrogens with zero attached hydrogens (tertiary/aromatic N) is 2. The van der Waals surface area contributed by atoms with Gasteiger partial charge in [-0.2, -0.15) is 13.2 Å². The van der Waals surface area contributed by atoms with Gasteiger partial charge in [0.15, 0.2) is 5.96 Å². The molecule has 0 radical (unpaired) electrons. The third-order valence-electron chi connectivity index (χ3n) is 4.80. The van der Waals surface area contributed by atoms with E-state index in [4.69, 9.17) is 9.47 Å². The lowest BCUT2D eigenvalue weighted by Gasteiger charge is -2.33. The summed E-state index contributed by atoms with van der Waals surface area (Å²) >= 11 is 0. The molecule has 2 rings (SSSR count). The highest BCUT2D eigenvalue weighted by Gasteiger charge is 2.30. The summed E-state index contributed by atoms with van der Waals surface area (Å²) in [7, 11) is 0. The molecular formula is C21H31F3IN3O4. The number of hydrogen-bond acceptors (Lipinski definition) is 5. The van der Waals surface area contributed by atoms with E-state index in [0.717, 1.165) is 12.1 Å². The van der Waals surface area contributed by atoms with Crippen LogP contribution in [0, 0.1) is 5.92 Å². The summed E-state index contributed by atoms with van der Waals surface area (Å²) in [6.07, 6.45) is -4.13. The van der Waals surface area contributed by atoms with Crippen molar-refractivity contribution in [1.29, 1.82) is 0 Å². The minimum Gasteiger partial charge on any atom is -0.491 e. The van der Waals surface area contributed by atoms with E-state index in [2.05, 4.69) is 10.3 Å². The number of rotatable bonds is 8. The van der Waals surface area contributed by atoms with Crippen molar-refractivity contribution in [3.63, 3.8) is 0 Å². The molecule has 7 nitrogen and oxygen atoms in total. The highest BCUT2D eigenvalue weighted by atomic mass is 127. The highest BCUT2D eigenvalue weighted by molar-refractivity contribution is 14.0. The van der Waals surface area contributed by atoms with E-state index < -0.39 is 17.8 Å². The fraction of sp³-hybridized carbons (Fsp3) is 0.619. The largest absolute Gasteiger partial charge is 0.491 e. The molecule has 182 valence electrons. The van der Waals surface area contributed by atoms with Crippen molar-refractivity contribution in [3.8, 4) is 5.75 Å². The second-order valence-corrected chi connectivity index (χ2v) is 7.20. The summed E-state index contributed by atoms with van der Waals surface area (Å²) in [6.45, 7) is 5.81. The lowest BCUT2D eigenvalue weighted by Crippen LogP contribution is -2.47. The monoisotopic (exact) mass is 573 g/mol. The molecule has 0 aliphatic carbocycles. The van der Waals surface area contributed by atoms with Gasteiger partial charge in [0.05, 0.1) is 24.6 Å². The lowest BCUT2D eigenvalue weighted by molar-refractivity contribution is -0.149. The number of carbonyl (C=O) groups excluding carboxylic acids is 1. The maximum Gasteiger partial charge on any atom is 0.416 e. The maximum atomic E-state index is 12.8. The number of guanidine groups is 1. The summed E-state index contributed by atoms with van der Waals surface area (Å²) in [5, 5.41) is 13.3. The number of likely N-dealkylation sites (tertiary alicyclic amines) is 1. The number of nitrogens with one attached hydrogen (secondary N) is 1. The second-order valence-electron chi connectivity index (χ2n) is 7.20. The zero-order valence-corrected chi connectivity index (χ0v) is 20.6. The van der Waals surface area contributed by atoms with E-state index in [9.17, 15) is 23.1 Å². The van der Waals surface area contributed by atoms with Crippen LogP contribution in [0.2, 0.25) is 0 Å². The fourth-order valence-corrected chi connectivity index (χ4v) is 3.21. The number of aliphatic hydroxyl groups is 1. The summed E-state index contributed by atoms with van der Waals surface area (Å²) in [5.74, 6) is 0.352. The molecule has 0 aromatic heterocycles. The Morgan fingerprint density at radius 1 is 1.31 bits per heavy atom. The van der Waals surface area contributed by atoms with Gasteiger partial charge < -0.3 is 24.8 Å². The summed E-state index contributed by atoms with van der Waals surface area (Å²) in [5.41, 5.74) is -0.807. The molecule has 1 atom stereocenters. The van der Waals surface area contributed by atoms with Gasteiger partial charge in [-0.1, -0.05) is 6.07 Å². The number of ether oxygens (including phenoxy) is 2. The number of carbonyl (C=O) groups is 1. The van der Waals surface area contributed by atoms with Gasteiger partial charge in [-0.3, -0.25) is 9.79 Å². The van der Waals surface area contributed by atoms with Crippen LogP contribution in [-0.4, -0.2) is 67.4 Å². The third kappa shape index (κ3) is 9.00. The summed E-state index contributed by atoms with van der Waals surface area (Å²) in [6, 6.07) is 4.52. The van der Waals surface area contributed by atoms with E-state index >= 15 is 0 Å². The summed E-state index contributed by atoms with van der Waals surface area (Å²) < 4.78 is 48.7. The van der Waals surface area contributed by atoms with Crippen LogP contribution in [0.4, 0.5) is 13.2 Å². The topological polar surface area (TPSA) is 83.4 Å². The van der Waals surface area contributed by atoms with Gasteiger partial charge in [-0.15, -0.1) is 24.0 Å². The van der Waals surface area contributed by atoms with E-state index in [1.807, 2.05) is 11.8 Å². The van der Waals surface area contributed by atoms with Gasteiger partial charge in [-0.05, 0) is 44.9 Å². The zero-order chi connectivity index (χ0) is 22.9. The van der Waals surface area contributed by atoms with Crippen LogP contribution in [0.3, 0.4) is 0 Å². The van der Waals surface area contributed by atoms with E-state index in [1.165, 1.54) is 12.1 Å². The average molecular weight is 573 g/mol. The molecule has 0 saturated carbocycles. The highest BCUT2D eigenvalue weighted by Crippen LogP contribution is 2.31. The molecule has 0 amide bonds. The molecule has 0 bridgehead atoms. The molecule has 1 fully saturated rings. The van der Waals surface area contributed by atoms with Gasteiger partial charge in [0.1, 0.15) is 18.5 Å². The number of aliphatic imine (C=N–C) groups is 1. The second kappa shape index (κ2) is 13.7. The van der Waals surface area contributed by atoms with Crippen LogP contribution >= 0.6 is 24.0 Å². The Morgan fingerprint density at radius 2 is 2.00 bits per heavy atom. The van der Waals surface area contributed by atoms with Crippen LogP contribution in [-0.2, 0) is 15.7 Å². The molecule has 1 unspecified atom stereocenters. The van der Waals surface area contributed by atoms with Crippen molar-refractivity contribution in [1.82, 2.24) is 10.2 Å². The third-order valence-corrected chi connectivity index (χ3v) is 4.80. The van der Waals surface area contributed by atoms with Gasteiger partial charge in [0, 0.05) is 19.6 Å². The quantitative estimate of drug-likeness (QED) is 0.215. The minimum absolute atomic E-state index is 0. The molecule has 1 heterocycles. The molecular weight excluding hydrogens is 542 g/mol. The molecule has 2 N–H and O–H groups in total. The van der Waals surface area contributed by atoms with Crippen molar-refractivity contribution >= 4 is 35.9 Å². The smallest absolute Gasteiger partial charge is 0.416 e. The van der Waals surface area contributed by atoms with Crippen molar-refractivity contribution in [2.75, 3.05) is 39.4 Å². The zero-order valence-electron chi connectivity index (χ0n) is 18.2. The number of alkyl halides is 3. The van der Waals surface area contributed by atoms with E-state index in [-0.39, 0.29) is 54.8 Å². The lowest BCUT2D eigenvalue weighted by atomic mass is 9.97. The van der Waals surface area contributed by atoms with Crippen LogP contribution in [0.5, 0.6) is 5.75 Å².